The van der Waals surface area contributed by atoms with E-state index in [2.05, 4.69) is 11.1 Å². The monoisotopic (exact) mass is 490 g/mol. The van der Waals surface area contributed by atoms with Crippen molar-refractivity contribution >= 4 is 44.6 Å². The van der Waals surface area contributed by atoms with Crippen molar-refractivity contribution in [3.8, 4) is 28.3 Å². The fourth-order valence-corrected chi connectivity index (χ4v) is 5.38. The Labute approximate surface area is 212 Å². The van der Waals surface area contributed by atoms with Crippen LogP contribution in [-0.4, -0.2) is 11.0 Å². The highest BCUT2D eigenvalue weighted by Crippen LogP contribution is 2.42. The summed E-state index contributed by atoms with van der Waals surface area (Å²) < 4.78 is 0.994. The van der Waals surface area contributed by atoms with Crippen LogP contribution in [-0.2, 0) is 6.54 Å². The lowest BCUT2D eigenvalue weighted by molar-refractivity contribution is 0.256. The molecule has 5 aromatic rings. The summed E-state index contributed by atoms with van der Waals surface area (Å²) in [4.78, 5) is 18.2. The Bertz CT molecular complexity index is 1630. The summed E-state index contributed by atoms with van der Waals surface area (Å²) in [5.41, 5.74) is 24.3. The van der Waals surface area contributed by atoms with Gasteiger partial charge in [0.15, 0.2) is 0 Å². The van der Waals surface area contributed by atoms with Gasteiger partial charge in [-0.2, -0.15) is 5.26 Å². The van der Waals surface area contributed by atoms with Gasteiger partial charge in [-0.3, -0.25) is 4.90 Å². The molecule has 0 aliphatic rings. The molecule has 8 heteroatoms. The van der Waals surface area contributed by atoms with Gasteiger partial charge < -0.3 is 17.2 Å². The van der Waals surface area contributed by atoms with Crippen LogP contribution < -0.4 is 22.1 Å². The fraction of sp³-hybridized carbons (Fsp3) is 0.0357. The number of benzene rings is 3. The van der Waals surface area contributed by atoms with Crippen molar-refractivity contribution in [2.24, 2.45) is 11.5 Å². The largest absolute Gasteiger partial charge is 0.383 e. The van der Waals surface area contributed by atoms with Crippen LogP contribution in [0.15, 0.2) is 84.4 Å². The lowest BCUT2D eigenvalue weighted by Gasteiger charge is -2.21. The molecule has 5 rings (SSSR count). The van der Waals surface area contributed by atoms with Gasteiger partial charge in [0, 0.05) is 34.0 Å². The molecule has 6 N–H and O–H groups in total. The number of nitrogens with two attached hydrogens (primary N) is 3. The molecule has 0 aliphatic carbocycles. The highest BCUT2D eigenvalue weighted by molar-refractivity contribution is 7.18. The minimum atomic E-state index is -0.587. The van der Waals surface area contributed by atoms with Gasteiger partial charge in [0.2, 0.25) is 0 Å². The van der Waals surface area contributed by atoms with Crippen LogP contribution in [0.1, 0.15) is 11.1 Å². The Hall–Kier alpha value is -4.71. The fourth-order valence-electron chi connectivity index (χ4n) is 4.26. The molecule has 0 aliphatic heterocycles. The molecule has 0 saturated heterocycles. The summed E-state index contributed by atoms with van der Waals surface area (Å²) in [5.74, 6) is 0.433. The number of nitriles is 1. The second-order valence-electron chi connectivity index (χ2n) is 8.20. The molecule has 36 heavy (non-hydrogen) atoms. The Morgan fingerprint density at radius 3 is 2.47 bits per heavy atom. The van der Waals surface area contributed by atoms with Crippen LogP contribution in [0.2, 0.25) is 0 Å². The molecule has 2 aromatic heterocycles. The first-order valence-electron chi connectivity index (χ1n) is 11.2. The van der Waals surface area contributed by atoms with Crippen molar-refractivity contribution in [3.05, 3.63) is 95.5 Å². The second kappa shape index (κ2) is 9.50. The van der Waals surface area contributed by atoms with E-state index in [1.165, 1.54) is 4.90 Å². The first kappa shape index (κ1) is 23.1. The Morgan fingerprint density at radius 1 is 0.972 bits per heavy atom. The van der Waals surface area contributed by atoms with Gasteiger partial charge in [-0.15, -0.1) is 11.3 Å². The predicted octanol–water partition coefficient (Wildman–Crippen LogP) is 5.76. The van der Waals surface area contributed by atoms with E-state index >= 15 is 0 Å². The predicted molar refractivity (Wildman–Crippen MR) is 146 cm³/mol. The highest BCUT2D eigenvalue weighted by atomic mass is 32.1. The van der Waals surface area contributed by atoms with Crippen LogP contribution in [0.3, 0.4) is 0 Å². The number of urea groups is 1. The molecule has 0 fully saturated rings. The molecule has 7 nitrogen and oxygen atoms in total. The van der Waals surface area contributed by atoms with Crippen LogP contribution in [0, 0.1) is 11.3 Å². The molecule has 2 heterocycles. The second-order valence-corrected chi connectivity index (χ2v) is 9.08. The van der Waals surface area contributed by atoms with E-state index in [-0.39, 0.29) is 0 Å². The molecule has 0 spiro atoms. The number of hydrogen-bond acceptors (Lipinski definition) is 6. The molecule has 176 valence electrons. The first-order chi connectivity index (χ1) is 17.5. The SMILES string of the molecule is N#Cc1cccc(-c2cnc(N)c3c(-c4ccc(N(C(N)=O)c5cccc(CN)c5)cc4)csc23)c1. The van der Waals surface area contributed by atoms with E-state index in [0.717, 1.165) is 37.9 Å². The van der Waals surface area contributed by atoms with Crippen molar-refractivity contribution in [2.75, 3.05) is 10.6 Å². The number of nitrogens with zero attached hydrogens (tertiary/aromatic N) is 3. The molecule has 0 unspecified atom stereocenters. The normalized spacial score (nSPS) is 10.8. The van der Waals surface area contributed by atoms with E-state index in [4.69, 9.17) is 17.2 Å². The number of anilines is 3. The number of carbonyl (C=O) groups excluding carboxylic acids is 1. The average molecular weight is 491 g/mol. The quantitative estimate of drug-likeness (QED) is 0.288. The summed E-state index contributed by atoms with van der Waals surface area (Å²) in [6.07, 6.45) is 1.75. The molecule has 3 aromatic carbocycles. The average Bonchev–Trinajstić information content (AvgIpc) is 3.35. The summed E-state index contributed by atoms with van der Waals surface area (Å²) in [6, 6.07) is 24.0. The third-order valence-corrected chi connectivity index (χ3v) is 7.00. The number of pyridine rings is 1. The minimum Gasteiger partial charge on any atom is -0.383 e. The number of carbonyl (C=O) groups is 1. The van der Waals surface area contributed by atoms with E-state index in [1.807, 2.05) is 72.1 Å². The lowest BCUT2D eigenvalue weighted by atomic mass is 10.0. The van der Waals surface area contributed by atoms with Gasteiger partial charge in [0.25, 0.3) is 0 Å². The van der Waals surface area contributed by atoms with Crippen LogP contribution in [0.4, 0.5) is 22.0 Å². The number of nitrogen functional groups attached to an aromatic ring is 1. The van der Waals surface area contributed by atoms with E-state index < -0.39 is 6.03 Å². The third kappa shape index (κ3) is 4.14. The molecule has 0 radical (unpaired) electrons. The molecule has 0 atom stereocenters. The topological polar surface area (TPSA) is 135 Å². The number of primary amides is 1. The van der Waals surface area contributed by atoms with Gasteiger partial charge in [0.1, 0.15) is 5.82 Å². The number of thiophene rings is 1. The van der Waals surface area contributed by atoms with Crippen LogP contribution in [0.25, 0.3) is 32.3 Å². The van der Waals surface area contributed by atoms with Gasteiger partial charge in [-0.25, -0.2) is 9.78 Å². The van der Waals surface area contributed by atoms with Crippen molar-refractivity contribution in [1.29, 1.82) is 5.26 Å². The summed E-state index contributed by atoms with van der Waals surface area (Å²) >= 11 is 1.57. The lowest BCUT2D eigenvalue weighted by Crippen LogP contribution is -2.31. The van der Waals surface area contributed by atoms with Gasteiger partial charge in [-0.05, 0) is 58.5 Å². The van der Waals surface area contributed by atoms with Crippen molar-refractivity contribution in [3.63, 3.8) is 0 Å². The molecular formula is C28H22N6OS. The molecule has 0 bridgehead atoms. The molecule has 2 amide bonds. The minimum absolute atomic E-state index is 0.364. The maximum atomic E-state index is 12.3. The van der Waals surface area contributed by atoms with Crippen molar-refractivity contribution in [1.82, 2.24) is 4.98 Å². The number of aromatic nitrogens is 1. The summed E-state index contributed by atoms with van der Waals surface area (Å²) in [6.45, 7) is 0.364. The van der Waals surface area contributed by atoms with Crippen LogP contribution >= 0.6 is 11.3 Å². The smallest absolute Gasteiger partial charge is 0.323 e. The van der Waals surface area contributed by atoms with E-state index in [1.54, 1.807) is 23.6 Å². The Morgan fingerprint density at radius 2 is 1.75 bits per heavy atom. The Kier molecular flexibility index (Phi) is 6.09. The Balaban J connectivity index is 1.56. The number of fused-ring (bicyclic) bond motifs is 1. The van der Waals surface area contributed by atoms with Gasteiger partial charge >= 0.3 is 6.03 Å². The van der Waals surface area contributed by atoms with Crippen LogP contribution in [0.5, 0.6) is 0 Å². The molecule has 0 saturated carbocycles. The van der Waals surface area contributed by atoms with Gasteiger partial charge in [-0.1, -0.05) is 36.4 Å². The van der Waals surface area contributed by atoms with Gasteiger partial charge in [0.05, 0.1) is 23.0 Å². The van der Waals surface area contributed by atoms with Crippen molar-refractivity contribution in [2.45, 2.75) is 6.54 Å². The first-order valence-corrected chi connectivity index (χ1v) is 12.0. The standard InChI is InChI=1S/C28H22N6OS/c29-13-17-3-1-5-20(11-17)23-15-33-27(31)25-24(16-36-26(23)25)19-7-9-21(10-8-19)34(28(32)35)22-6-2-4-18(12-22)14-30/h1-12,15-16H,14,30H2,(H2,31,33)(H2,32,35). The third-order valence-electron chi connectivity index (χ3n) is 5.99. The number of rotatable bonds is 5. The zero-order chi connectivity index (χ0) is 25.2. The summed E-state index contributed by atoms with van der Waals surface area (Å²) in [7, 11) is 0. The van der Waals surface area contributed by atoms with E-state index in [0.29, 0.717) is 29.3 Å². The highest BCUT2D eigenvalue weighted by Gasteiger charge is 2.18. The number of hydrogen-bond donors (Lipinski definition) is 3. The maximum absolute atomic E-state index is 12.3. The zero-order valence-electron chi connectivity index (χ0n) is 19.2. The zero-order valence-corrected chi connectivity index (χ0v) is 20.0. The number of amides is 2. The molecular weight excluding hydrogens is 468 g/mol. The van der Waals surface area contributed by atoms with Crippen molar-refractivity contribution < 1.29 is 4.79 Å². The summed E-state index contributed by atoms with van der Waals surface area (Å²) in [5, 5.41) is 12.2. The van der Waals surface area contributed by atoms with E-state index in [9.17, 15) is 10.1 Å². The maximum Gasteiger partial charge on any atom is 0.323 e.